The summed E-state index contributed by atoms with van der Waals surface area (Å²) in [6.07, 6.45) is 2.89. The zero-order valence-corrected chi connectivity index (χ0v) is 10.2. The second-order valence-corrected chi connectivity index (χ2v) is 5.21. The van der Waals surface area contributed by atoms with E-state index in [0.717, 1.165) is 4.88 Å². The van der Waals surface area contributed by atoms with E-state index in [0.29, 0.717) is 10.9 Å². The number of aromatic nitrogens is 1. The van der Waals surface area contributed by atoms with E-state index in [9.17, 15) is 9.59 Å². The molecule has 0 bridgehead atoms. The maximum Gasteiger partial charge on any atom is 0.341 e. The van der Waals surface area contributed by atoms with Gasteiger partial charge in [-0.2, -0.15) is 0 Å². The molecule has 2 rings (SSSR count). The molecule has 0 aliphatic carbocycles. The molecule has 2 heterocycles. The summed E-state index contributed by atoms with van der Waals surface area (Å²) >= 11 is 7.22. The van der Waals surface area contributed by atoms with Crippen LogP contribution in [0, 0.1) is 0 Å². The molecule has 0 fully saturated rings. The van der Waals surface area contributed by atoms with Gasteiger partial charge >= 0.3 is 5.97 Å². The van der Waals surface area contributed by atoms with Crippen LogP contribution in [0.1, 0.15) is 15.2 Å². The topological polar surface area (TPSA) is 59.3 Å². The molecule has 2 aromatic heterocycles. The maximum absolute atomic E-state index is 11.3. The first kappa shape index (κ1) is 11.9. The summed E-state index contributed by atoms with van der Waals surface area (Å²) in [6.45, 7) is 0.498. The number of hydrogen-bond acceptors (Lipinski definition) is 3. The summed E-state index contributed by atoms with van der Waals surface area (Å²) in [5, 5.41) is 8.83. The predicted molar refractivity (Wildman–Crippen MR) is 66.1 cm³/mol. The average molecular weight is 270 g/mol. The normalized spacial score (nSPS) is 10.4. The fourth-order valence-electron chi connectivity index (χ4n) is 1.40. The van der Waals surface area contributed by atoms with Crippen LogP contribution in [0.5, 0.6) is 0 Å². The highest BCUT2D eigenvalue weighted by Crippen LogP contribution is 2.21. The molecule has 0 spiro atoms. The van der Waals surface area contributed by atoms with Gasteiger partial charge in [0.2, 0.25) is 0 Å². The summed E-state index contributed by atoms with van der Waals surface area (Å²) in [5.74, 6) is -1.21. The van der Waals surface area contributed by atoms with Crippen molar-refractivity contribution in [2.45, 2.75) is 6.54 Å². The van der Waals surface area contributed by atoms with Gasteiger partial charge < -0.3 is 9.67 Å². The molecule has 1 N–H and O–H groups in total. The smallest absolute Gasteiger partial charge is 0.341 e. The molecule has 6 heteroatoms. The van der Waals surface area contributed by atoms with Crippen molar-refractivity contribution in [3.05, 3.63) is 55.6 Å². The van der Waals surface area contributed by atoms with Crippen molar-refractivity contribution in [1.29, 1.82) is 0 Å². The number of carbonyl (C=O) groups is 1. The third kappa shape index (κ3) is 2.75. The zero-order valence-electron chi connectivity index (χ0n) is 8.59. The van der Waals surface area contributed by atoms with Crippen LogP contribution in [0.15, 0.2) is 35.4 Å². The van der Waals surface area contributed by atoms with Gasteiger partial charge in [-0.3, -0.25) is 4.79 Å². The quantitative estimate of drug-likeness (QED) is 0.930. The molecule has 4 nitrogen and oxygen atoms in total. The van der Waals surface area contributed by atoms with E-state index in [1.54, 1.807) is 16.8 Å². The Balaban J connectivity index is 2.31. The van der Waals surface area contributed by atoms with Gasteiger partial charge in [-0.1, -0.05) is 11.6 Å². The number of halogens is 1. The number of carboxylic acids is 1. The number of pyridine rings is 1. The van der Waals surface area contributed by atoms with Gasteiger partial charge in [-0.15, -0.1) is 11.3 Å². The van der Waals surface area contributed by atoms with E-state index in [1.165, 1.54) is 23.6 Å². The summed E-state index contributed by atoms with van der Waals surface area (Å²) in [5.41, 5.74) is -0.715. The van der Waals surface area contributed by atoms with Crippen LogP contribution >= 0.6 is 22.9 Å². The molecule has 0 saturated heterocycles. The second-order valence-electron chi connectivity index (χ2n) is 3.41. The van der Waals surface area contributed by atoms with Gasteiger partial charge in [-0.05, 0) is 12.1 Å². The Morgan fingerprint density at radius 1 is 1.41 bits per heavy atom. The van der Waals surface area contributed by atoms with E-state index in [4.69, 9.17) is 16.7 Å². The summed E-state index contributed by atoms with van der Waals surface area (Å²) in [6, 6.07) is 4.90. The van der Waals surface area contributed by atoms with Crippen LogP contribution in [0.4, 0.5) is 0 Å². The van der Waals surface area contributed by atoms with Gasteiger partial charge in [-0.25, -0.2) is 4.79 Å². The van der Waals surface area contributed by atoms with Crippen LogP contribution in [0.2, 0.25) is 4.34 Å². The van der Waals surface area contributed by atoms with Crippen molar-refractivity contribution in [2.75, 3.05) is 0 Å². The van der Waals surface area contributed by atoms with Gasteiger partial charge in [0.15, 0.2) is 5.43 Å². The third-order valence-corrected chi connectivity index (χ3v) is 3.39. The van der Waals surface area contributed by atoms with Crippen molar-refractivity contribution < 1.29 is 9.90 Å². The number of hydrogen-bond donors (Lipinski definition) is 1. The van der Waals surface area contributed by atoms with Gasteiger partial charge in [0.05, 0.1) is 10.9 Å². The molecule has 0 amide bonds. The maximum atomic E-state index is 11.3. The standard InChI is InChI=1S/C11H8ClNO3S/c12-10-2-1-7(17-10)5-13-4-3-9(14)8(6-13)11(15)16/h1-4,6H,5H2,(H,15,16). The Morgan fingerprint density at radius 2 is 2.18 bits per heavy atom. The molecule has 0 aliphatic rings. The molecule has 0 aliphatic heterocycles. The van der Waals surface area contributed by atoms with Crippen molar-refractivity contribution in [2.24, 2.45) is 0 Å². The predicted octanol–water partition coefficient (Wildman–Crippen LogP) is 2.31. The molecule has 0 radical (unpaired) electrons. The molecule has 0 unspecified atom stereocenters. The highest BCUT2D eigenvalue weighted by molar-refractivity contribution is 7.16. The van der Waals surface area contributed by atoms with Crippen LogP contribution in [-0.2, 0) is 6.54 Å². The lowest BCUT2D eigenvalue weighted by Gasteiger charge is -2.04. The van der Waals surface area contributed by atoms with Crippen molar-refractivity contribution in [1.82, 2.24) is 4.57 Å². The van der Waals surface area contributed by atoms with E-state index < -0.39 is 11.4 Å². The Morgan fingerprint density at radius 3 is 2.76 bits per heavy atom. The molecule has 0 atom stereocenters. The highest BCUT2D eigenvalue weighted by Gasteiger charge is 2.08. The lowest BCUT2D eigenvalue weighted by molar-refractivity contribution is 0.0694. The average Bonchev–Trinajstić information content (AvgIpc) is 2.66. The molecular formula is C11H8ClNO3S. The number of nitrogens with zero attached hydrogens (tertiary/aromatic N) is 1. The Kier molecular flexibility index (Phi) is 3.31. The molecular weight excluding hydrogens is 262 g/mol. The molecule has 2 aromatic rings. The third-order valence-electron chi connectivity index (χ3n) is 2.18. The van der Waals surface area contributed by atoms with Gasteiger partial charge in [0, 0.05) is 23.3 Å². The minimum Gasteiger partial charge on any atom is -0.477 e. The first-order valence-corrected chi connectivity index (χ1v) is 5.93. The number of rotatable bonds is 3. The second kappa shape index (κ2) is 4.73. The lowest BCUT2D eigenvalue weighted by Crippen LogP contribution is -2.16. The Labute approximate surface area is 106 Å². The van der Waals surface area contributed by atoms with Gasteiger partial charge in [0.1, 0.15) is 5.56 Å². The minimum atomic E-state index is -1.21. The number of thiophene rings is 1. The summed E-state index contributed by atoms with van der Waals surface area (Å²) in [4.78, 5) is 23.1. The van der Waals surface area contributed by atoms with Crippen molar-refractivity contribution in [3.63, 3.8) is 0 Å². The fourth-order valence-corrected chi connectivity index (χ4v) is 2.50. The van der Waals surface area contributed by atoms with Crippen LogP contribution in [0.3, 0.4) is 0 Å². The lowest BCUT2D eigenvalue weighted by atomic mass is 10.3. The zero-order chi connectivity index (χ0) is 12.4. The number of aromatic carboxylic acids is 1. The van der Waals surface area contributed by atoms with Crippen LogP contribution in [0.25, 0.3) is 0 Å². The van der Waals surface area contributed by atoms with Crippen LogP contribution in [-0.4, -0.2) is 15.6 Å². The first-order chi connectivity index (χ1) is 8.06. The minimum absolute atomic E-state index is 0.227. The SMILES string of the molecule is O=C(O)c1cn(Cc2ccc(Cl)s2)ccc1=O. The largest absolute Gasteiger partial charge is 0.477 e. The monoisotopic (exact) mass is 269 g/mol. The fraction of sp³-hybridized carbons (Fsp3) is 0.0909. The van der Waals surface area contributed by atoms with E-state index in [2.05, 4.69) is 0 Å². The van der Waals surface area contributed by atoms with E-state index >= 15 is 0 Å². The Bertz CT molecular complexity index is 617. The molecule has 0 saturated carbocycles. The summed E-state index contributed by atoms with van der Waals surface area (Å²) in [7, 11) is 0. The van der Waals surface area contributed by atoms with Crippen LogP contribution < -0.4 is 5.43 Å². The first-order valence-electron chi connectivity index (χ1n) is 4.74. The molecule has 88 valence electrons. The molecule has 0 aromatic carbocycles. The van der Waals surface area contributed by atoms with Gasteiger partial charge in [0.25, 0.3) is 0 Å². The number of carboxylic acid groups (broad SMARTS) is 1. The van der Waals surface area contributed by atoms with Crippen molar-refractivity contribution in [3.8, 4) is 0 Å². The van der Waals surface area contributed by atoms with E-state index in [-0.39, 0.29) is 5.56 Å². The van der Waals surface area contributed by atoms with Crippen molar-refractivity contribution >= 4 is 28.9 Å². The molecule has 17 heavy (non-hydrogen) atoms. The highest BCUT2D eigenvalue weighted by atomic mass is 35.5. The van der Waals surface area contributed by atoms with E-state index in [1.807, 2.05) is 6.07 Å². The Hall–Kier alpha value is -1.59. The summed E-state index contributed by atoms with van der Waals surface area (Å²) < 4.78 is 2.33.